The average Bonchev–Trinajstić information content (AvgIpc) is 2.32. The first kappa shape index (κ1) is 8.05. The second kappa shape index (κ2) is 2.91. The van der Waals surface area contributed by atoms with Gasteiger partial charge in [0.1, 0.15) is 0 Å². The third kappa shape index (κ3) is 1.50. The van der Waals surface area contributed by atoms with Crippen molar-refractivity contribution < 1.29 is 4.79 Å². The molecule has 0 amide bonds. The summed E-state index contributed by atoms with van der Waals surface area (Å²) in [6, 6.07) is 1.96. The van der Waals surface area contributed by atoms with Gasteiger partial charge in [0.2, 0.25) is 0 Å². The second-order valence-corrected chi connectivity index (χ2v) is 3.02. The van der Waals surface area contributed by atoms with Crippen molar-refractivity contribution in [2.75, 3.05) is 0 Å². The Kier molecular flexibility index (Phi) is 2.13. The fourth-order valence-corrected chi connectivity index (χ4v) is 1.17. The highest BCUT2D eigenvalue weighted by Gasteiger charge is 2.10. The SMILES string of the molecule is CC(=O)c1[nH]ccc1C(C)C. The molecule has 0 bridgehead atoms. The number of hydrogen-bond donors (Lipinski definition) is 1. The second-order valence-electron chi connectivity index (χ2n) is 3.02. The van der Waals surface area contributed by atoms with Crippen LogP contribution in [0.25, 0.3) is 0 Å². The largest absolute Gasteiger partial charge is 0.359 e. The van der Waals surface area contributed by atoms with Gasteiger partial charge in [-0.1, -0.05) is 13.8 Å². The van der Waals surface area contributed by atoms with Crippen molar-refractivity contribution in [2.45, 2.75) is 26.7 Å². The Labute approximate surface area is 66.6 Å². The van der Waals surface area contributed by atoms with Gasteiger partial charge in [0.25, 0.3) is 0 Å². The zero-order chi connectivity index (χ0) is 8.43. The molecular formula is C9H13NO. The fraction of sp³-hybridized carbons (Fsp3) is 0.444. The van der Waals surface area contributed by atoms with E-state index in [1.165, 1.54) is 0 Å². The predicted octanol–water partition coefficient (Wildman–Crippen LogP) is 2.34. The Balaban J connectivity index is 3.06. The van der Waals surface area contributed by atoms with E-state index in [-0.39, 0.29) is 5.78 Å². The van der Waals surface area contributed by atoms with Crippen LogP contribution in [0.5, 0.6) is 0 Å². The van der Waals surface area contributed by atoms with E-state index in [9.17, 15) is 4.79 Å². The van der Waals surface area contributed by atoms with E-state index in [2.05, 4.69) is 18.8 Å². The lowest BCUT2D eigenvalue weighted by molar-refractivity contribution is 0.101. The molecule has 11 heavy (non-hydrogen) atoms. The summed E-state index contributed by atoms with van der Waals surface area (Å²) in [7, 11) is 0. The molecule has 2 heteroatoms. The zero-order valence-electron chi connectivity index (χ0n) is 7.14. The van der Waals surface area contributed by atoms with Crippen LogP contribution < -0.4 is 0 Å². The van der Waals surface area contributed by atoms with Crippen LogP contribution in [0, 0.1) is 0 Å². The number of rotatable bonds is 2. The van der Waals surface area contributed by atoms with Crippen molar-refractivity contribution in [1.29, 1.82) is 0 Å². The minimum Gasteiger partial charge on any atom is -0.359 e. The van der Waals surface area contributed by atoms with Crippen LogP contribution in [-0.2, 0) is 0 Å². The number of aromatic amines is 1. The van der Waals surface area contributed by atoms with Gasteiger partial charge >= 0.3 is 0 Å². The van der Waals surface area contributed by atoms with Crippen LogP contribution in [0.2, 0.25) is 0 Å². The molecule has 0 radical (unpaired) electrons. The van der Waals surface area contributed by atoms with Crippen LogP contribution in [0.15, 0.2) is 12.3 Å². The molecular weight excluding hydrogens is 138 g/mol. The van der Waals surface area contributed by atoms with Crippen molar-refractivity contribution in [2.24, 2.45) is 0 Å². The molecule has 60 valence electrons. The highest BCUT2D eigenvalue weighted by Crippen LogP contribution is 2.18. The standard InChI is InChI=1S/C9H13NO/c1-6(2)8-4-5-10-9(8)7(3)11/h4-6,10H,1-3H3. The van der Waals surface area contributed by atoms with E-state index in [1.807, 2.05) is 12.3 Å². The van der Waals surface area contributed by atoms with E-state index in [0.717, 1.165) is 11.3 Å². The van der Waals surface area contributed by atoms with Gasteiger partial charge in [-0.25, -0.2) is 0 Å². The summed E-state index contributed by atoms with van der Waals surface area (Å²) >= 11 is 0. The van der Waals surface area contributed by atoms with Crippen molar-refractivity contribution in [3.63, 3.8) is 0 Å². The van der Waals surface area contributed by atoms with Gasteiger partial charge in [0.15, 0.2) is 5.78 Å². The molecule has 1 aromatic heterocycles. The normalized spacial score (nSPS) is 10.5. The summed E-state index contributed by atoms with van der Waals surface area (Å²) in [5.41, 5.74) is 1.86. The first-order chi connectivity index (χ1) is 5.13. The molecule has 1 heterocycles. The number of nitrogens with one attached hydrogen (secondary N) is 1. The lowest BCUT2D eigenvalue weighted by Crippen LogP contribution is -1.98. The van der Waals surface area contributed by atoms with Gasteiger partial charge in [-0.15, -0.1) is 0 Å². The van der Waals surface area contributed by atoms with Gasteiger partial charge in [-0.05, 0) is 17.5 Å². The highest BCUT2D eigenvalue weighted by atomic mass is 16.1. The smallest absolute Gasteiger partial charge is 0.176 e. The molecule has 0 saturated heterocycles. The summed E-state index contributed by atoms with van der Waals surface area (Å²) in [5.74, 6) is 0.527. The third-order valence-electron chi connectivity index (χ3n) is 1.75. The third-order valence-corrected chi connectivity index (χ3v) is 1.75. The minimum atomic E-state index is 0.110. The van der Waals surface area contributed by atoms with Gasteiger partial charge in [-0.2, -0.15) is 0 Å². The predicted molar refractivity (Wildman–Crippen MR) is 44.9 cm³/mol. The van der Waals surface area contributed by atoms with Crippen molar-refractivity contribution in [3.8, 4) is 0 Å². The van der Waals surface area contributed by atoms with E-state index in [0.29, 0.717) is 5.92 Å². The van der Waals surface area contributed by atoms with Crippen LogP contribution in [0.3, 0.4) is 0 Å². The molecule has 1 N–H and O–H groups in total. The minimum absolute atomic E-state index is 0.110. The fourth-order valence-electron chi connectivity index (χ4n) is 1.17. The maximum atomic E-state index is 11.0. The number of hydrogen-bond acceptors (Lipinski definition) is 1. The summed E-state index contributed by atoms with van der Waals surface area (Å²) in [4.78, 5) is 13.9. The molecule has 0 aliphatic heterocycles. The lowest BCUT2D eigenvalue weighted by atomic mass is 10.0. The molecule has 0 atom stereocenters. The first-order valence-corrected chi connectivity index (χ1v) is 3.81. The van der Waals surface area contributed by atoms with Gasteiger partial charge in [-0.3, -0.25) is 4.79 Å². The molecule has 0 aliphatic rings. The maximum Gasteiger partial charge on any atom is 0.176 e. The molecule has 2 nitrogen and oxygen atoms in total. The zero-order valence-corrected chi connectivity index (χ0v) is 7.14. The first-order valence-electron chi connectivity index (χ1n) is 3.81. The van der Waals surface area contributed by atoms with Crippen LogP contribution in [0.4, 0.5) is 0 Å². The molecule has 1 rings (SSSR count). The topological polar surface area (TPSA) is 32.9 Å². The number of carbonyl (C=O) groups excluding carboxylic acids is 1. The van der Waals surface area contributed by atoms with Crippen molar-refractivity contribution in [1.82, 2.24) is 4.98 Å². The van der Waals surface area contributed by atoms with Gasteiger partial charge in [0, 0.05) is 13.1 Å². The Morgan fingerprint density at radius 3 is 2.55 bits per heavy atom. The number of aromatic nitrogens is 1. The molecule has 0 unspecified atom stereocenters. The Hall–Kier alpha value is -1.05. The summed E-state index contributed by atoms with van der Waals surface area (Å²) < 4.78 is 0. The Bertz CT molecular complexity index is 260. The summed E-state index contributed by atoms with van der Waals surface area (Å²) in [6.07, 6.45) is 1.81. The Morgan fingerprint density at radius 1 is 1.55 bits per heavy atom. The quantitative estimate of drug-likeness (QED) is 0.646. The molecule has 1 aromatic rings. The monoisotopic (exact) mass is 151 g/mol. The van der Waals surface area contributed by atoms with Crippen LogP contribution >= 0.6 is 0 Å². The van der Waals surface area contributed by atoms with Crippen molar-refractivity contribution >= 4 is 5.78 Å². The van der Waals surface area contributed by atoms with E-state index in [1.54, 1.807) is 6.92 Å². The molecule has 0 saturated carbocycles. The Morgan fingerprint density at radius 2 is 2.18 bits per heavy atom. The van der Waals surface area contributed by atoms with E-state index < -0.39 is 0 Å². The average molecular weight is 151 g/mol. The number of carbonyl (C=O) groups is 1. The number of H-pyrrole nitrogens is 1. The highest BCUT2D eigenvalue weighted by molar-refractivity contribution is 5.93. The number of ketones is 1. The van der Waals surface area contributed by atoms with Gasteiger partial charge < -0.3 is 4.98 Å². The van der Waals surface area contributed by atoms with Gasteiger partial charge in [0.05, 0.1) is 5.69 Å². The van der Waals surface area contributed by atoms with E-state index >= 15 is 0 Å². The molecule has 0 fully saturated rings. The molecule has 0 aliphatic carbocycles. The summed E-state index contributed by atoms with van der Waals surface area (Å²) in [5, 5.41) is 0. The molecule has 0 aromatic carbocycles. The molecule has 0 spiro atoms. The van der Waals surface area contributed by atoms with Crippen molar-refractivity contribution in [3.05, 3.63) is 23.5 Å². The maximum absolute atomic E-state index is 11.0. The van der Waals surface area contributed by atoms with E-state index in [4.69, 9.17) is 0 Å². The lowest BCUT2D eigenvalue weighted by Gasteiger charge is -2.02. The van der Waals surface area contributed by atoms with Crippen LogP contribution in [-0.4, -0.2) is 10.8 Å². The van der Waals surface area contributed by atoms with Crippen LogP contribution in [0.1, 0.15) is 42.7 Å². The summed E-state index contributed by atoms with van der Waals surface area (Å²) in [6.45, 7) is 5.74. The number of Topliss-reactive ketones (excluding diaryl/α,β-unsaturated/α-hetero) is 1.